The number of aryl methyl sites for hydroxylation is 1. The number of hydrogen-bond acceptors (Lipinski definition) is 1. The normalized spacial score (nSPS) is 10.3. The molecule has 17 heavy (non-hydrogen) atoms. The molecule has 0 radical (unpaired) electrons. The molecule has 0 aliphatic rings. The fraction of sp³-hybridized carbons (Fsp3) is 0.143. The Morgan fingerprint density at radius 3 is 2.76 bits per heavy atom. The Bertz CT molecular complexity index is 525. The van der Waals surface area contributed by atoms with E-state index < -0.39 is 0 Å². The molecule has 0 aliphatic carbocycles. The summed E-state index contributed by atoms with van der Waals surface area (Å²) in [5.41, 5.74) is 2.57. The van der Waals surface area contributed by atoms with Crippen LogP contribution in [-0.2, 0) is 6.54 Å². The Balaban J connectivity index is 2.09. The molecule has 88 valence electrons. The molecule has 0 saturated carbocycles. The van der Waals surface area contributed by atoms with Crippen molar-refractivity contribution in [2.75, 3.05) is 5.32 Å². The number of hydrogen-bond donors (Lipinski definition) is 1. The highest BCUT2D eigenvalue weighted by Gasteiger charge is 2.01. The summed E-state index contributed by atoms with van der Waals surface area (Å²) in [5, 5.41) is 3.75. The van der Waals surface area contributed by atoms with Crippen molar-refractivity contribution in [1.29, 1.82) is 0 Å². The van der Waals surface area contributed by atoms with Crippen LogP contribution >= 0.6 is 11.6 Å². The smallest absolute Gasteiger partial charge is 0.146 e. The van der Waals surface area contributed by atoms with Gasteiger partial charge >= 0.3 is 0 Å². The number of nitrogens with one attached hydrogen (secondary N) is 1. The summed E-state index contributed by atoms with van der Waals surface area (Å²) in [6, 6.07) is 12.5. The number of halogens is 2. The lowest BCUT2D eigenvalue weighted by molar-refractivity contribution is 0.629. The first-order valence-electron chi connectivity index (χ1n) is 5.39. The lowest BCUT2D eigenvalue weighted by Crippen LogP contribution is -2.01. The second-order valence-corrected chi connectivity index (χ2v) is 4.40. The zero-order valence-corrected chi connectivity index (χ0v) is 10.3. The van der Waals surface area contributed by atoms with Crippen molar-refractivity contribution in [3.05, 3.63) is 64.4 Å². The van der Waals surface area contributed by atoms with Crippen molar-refractivity contribution in [1.82, 2.24) is 0 Å². The summed E-state index contributed by atoms with van der Waals surface area (Å²) in [6.45, 7) is 2.49. The van der Waals surface area contributed by atoms with Crippen molar-refractivity contribution in [2.45, 2.75) is 13.5 Å². The van der Waals surface area contributed by atoms with Gasteiger partial charge in [0, 0.05) is 11.6 Å². The Morgan fingerprint density at radius 1 is 1.18 bits per heavy atom. The van der Waals surface area contributed by atoms with Gasteiger partial charge in [-0.05, 0) is 42.3 Å². The molecular formula is C14H13ClFN. The highest BCUT2D eigenvalue weighted by Crippen LogP contribution is 2.17. The van der Waals surface area contributed by atoms with E-state index in [0.29, 0.717) is 17.3 Å². The molecule has 0 aliphatic heterocycles. The highest BCUT2D eigenvalue weighted by atomic mass is 35.5. The van der Waals surface area contributed by atoms with Gasteiger partial charge in [0.1, 0.15) is 5.82 Å². The topological polar surface area (TPSA) is 12.0 Å². The molecule has 0 fully saturated rings. The van der Waals surface area contributed by atoms with E-state index in [4.69, 9.17) is 11.6 Å². The van der Waals surface area contributed by atoms with Gasteiger partial charge in [0.15, 0.2) is 0 Å². The van der Waals surface area contributed by atoms with Crippen LogP contribution in [0.15, 0.2) is 42.5 Å². The average Bonchev–Trinajstić information content (AvgIpc) is 2.30. The maximum atomic E-state index is 13.5. The van der Waals surface area contributed by atoms with Gasteiger partial charge in [-0.15, -0.1) is 0 Å². The molecule has 0 amide bonds. The SMILES string of the molecule is Cc1ccc(F)c(NCc2cccc(Cl)c2)c1. The van der Waals surface area contributed by atoms with Gasteiger partial charge in [-0.2, -0.15) is 0 Å². The molecular weight excluding hydrogens is 237 g/mol. The maximum absolute atomic E-state index is 13.5. The van der Waals surface area contributed by atoms with Gasteiger partial charge in [-0.1, -0.05) is 29.8 Å². The molecule has 0 aromatic heterocycles. The Hall–Kier alpha value is -1.54. The van der Waals surface area contributed by atoms with Crippen LogP contribution in [0.2, 0.25) is 5.02 Å². The average molecular weight is 250 g/mol. The van der Waals surface area contributed by atoms with Gasteiger partial charge in [-0.25, -0.2) is 4.39 Å². The summed E-state index contributed by atoms with van der Waals surface area (Å²) in [4.78, 5) is 0. The van der Waals surface area contributed by atoms with Crippen molar-refractivity contribution < 1.29 is 4.39 Å². The van der Waals surface area contributed by atoms with E-state index in [1.165, 1.54) is 6.07 Å². The van der Waals surface area contributed by atoms with Crippen LogP contribution in [0.3, 0.4) is 0 Å². The van der Waals surface area contributed by atoms with Crippen molar-refractivity contribution in [3.8, 4) is 0 Å². The minimum atomic E-state index is -0.238. The summed E-state index contributed by atoms with van der Waals surface area (Å²) in [6.07, 6.45) is 0. The molecule has 0 spiro atoms. The number of rotatable bonds is 3. The van der Waals surface area contributed by atoms with E-state index in [1.807, 2.05) is 31.2 Å². The Labute approximate surface area is 105 Å². The predicted molar refractivity (Wildman–Crippen MR) is 69.9 cm³/mol. The van der Waals surface area contributed by atoms with Gasteiger partial charge < -0.3 is 5.32 Å². The third-order valence-corrected chi connectivity index (χ3v) is 2.73. The van der Waals surface area contributed by atoms with Gasteiger partial charge in [0.2, 0.25) is 0 Å². The summed E-state index contributed by atoms with van der Waals surface area (Å²) >= 11 is 5.88. The number of benzene rings is 2. The Kier molecular flexibility index (Phi) is 3.64. The van der Waals surface area contributed by atoms with Crippen LogP contribution in [0, 0.1) is 12.7 Å². The first-order valence-corrected chi connectivity index (χ1v) is 5.77. The van der Waals surface area contributed by atoms with Crippen LogP contribution < -0.4 is 5.32 Å². The molecule has 2 aromatic carbocycles. The molecule has 0 heterocycles. The second kappa shape index (κ2) is 5.19. The van der Waals surface area contributed by atoms with Crippen LogP contribution in [0.5, 0.6) is 0 Å². The second-order valence-electron chi connectivity index (χ2n) is 3.97. The monoisotopic (exact) mass is 249 g/mol. The van der Waals surface area contributed by atoms with Gasteiger partial charge in [-0.3, -0.25) is 0 Å². The van der Waals surface area contributed by atoms with Crippen molar-refractivity contribution in [3.63, 3.8) is 0 Å². The van der Waals surface area contributed by atoms with Gasteiger partial charge in [0.25, 0.3) is 0 Å². The molecule has 3 heteroatoms. The molecule has 1 N–H and O–H groups in total. The summed E-state index contributed by atoms with van der Waals surface area (Å²) < 4.78 is 13.5. The van der Waals surface area contributed by atoms with Crippen LogP contribution in [-0.4, -0.2) is 0 Å². The first-order chi connectivity index (χ1) is 8.15. The minimum Gasteiger partial charge on any atom is -0.379 e. The maximum Gasteiger partial charge on any atom is 0.146 e. The predicted octanol–water partition coefficient (Wildman–Crippen LogP) is 4.40. The molecule has 2 rings (SSSR count). The van der Waals surface area contributed by atoms with E-state index in [-0.39, 0.29) is 5.82 Å². The lowest BCUT2D eigenvalue weighted by Gasteiger charge is -2.08. The zero-order chi connectivity index (χ0) is 12.3. The van der Waals surface area contributed by atoms with Crippen molar-refractivity contribution >= 4 is 17.3 Å². The minimum absolute atomic E-state index is 0.238. The molecule has 2 aromatic rings. The summed E-state index contributed by atoms with van der Waals surface area (Å²) in [5.74, 6) is -0.238. The molecule has 1 nitrogen and oxygen atoms in total. The van der Waals surface area contributed by atoms with E-state index in [2.05, 4.69) is 5.32 Å². The third kappa shape index (κ3) is 3.21. The quantitative estimate of drug-likeness (QED) is 0.850. The molecule has 0 bridgehead atoms. The molecule has 0 unspecified atom stereocenters. The Morgan fingerprint density at radius 2 is 2.00 bits per heavy atom. The third-order valence-electron chi connectivity index (χ3n) is 2.49. The lowest BCUT2D eigenvalue weighted by atomic mass is 10.2. The van der Waals surface area contributed by atoms with E-state index in [1.54, 1.807) is 12.1 Å². The van der Waals surface area contributed by atoms with E-state index in [9.17, 15) is 4.39 Å². The highest BCUT2D eigenvalue weighted by molar-refractivity contribution is 6.30. The fourth-order valence-corrected chi connectivity index (χ4v) is 1.83. The largest absolute Gasteiger partial charge is 0.379 e. The van der Waals surface area contributed by atoms with Gasteiger partial charge in [0.05, 0.1) is 5.69 Å². The van der Waals surface area contributed by atoms with E-state index in [0.717, 1.165) is 11.1 Å². The molecule has 0 saturated heterocycles. The number of anilines is 1. The standard InChI is InChI=1S/C14H13ClFN/c1-10-5-6-13(16)14(7-10)17-9-11-3-2-4-12(15)8-11/h2-8,17H,9H2,1H3. The summed E-state index contributed by atoms with van der Waals surface area (Å²) in [7, 11) is 0. The van der Waals surface area contributed by atoms with Crippen molar-refractivity contribution in [2.24, 2.45) is 0 Å². The van der Waals surface area contributed by atoms with Crippen LogP contribution in [0.4, 0.5) is 10.1 Å². The van der Waals surface area contributed by atoms with Crippen LogP contribution in [0.25, 0.3) is 0 Å². The fourth-order valence-electron chi connectivity index (χ4n) is 1.62. The van der Waals surface area contributed by atoms with E-state index >= 15 is 0 Å². The molecule has 0 atom stereocenters. The van der Waals surface area contributed by atoms with Crippen LogP contribution in [0.1, 0.15) is 11.1 Å². The zero-order valence-electron chi connectivity index (χ0n) is 9.50. The first kappa shape index (κ1) is 11.9.